The van der Waals surface area contributed by atoms with Gasteiger partial charge in [-0.05, 0) is 97.3 Å². The number of aromatic nitrogens is 3. The molecule has 8 heteroatoms. The zero-order valence-corrected chi connectivity index (χ0v) is 27.5. The molecule has 0 aliphatic carbocycles. The van der Waals surface area contributed by atoms with Gasteiger partial charge in [0.05, 0.1) is 21.4 Å². The van der Waals surface area contributed by atoms with E-state index in [1.807, 2.05) is 48.7 Å². The lowest BCUT2D eigenvalue weighted by atomic mass is 10.0. The Bertz CT molecular complexity index is 1430. The van der Waals surface area contributed by atoms with Crippen LogP contribution in [0.15, 0.2) is 53.1 Å². The summed E-state index contributed by atoms with van der Waals surface area (Å²) >= 11 is 10.0. The number of amides is 1. The highest BCUT2D eigenvalue weighted by Gasteiger charge is 2.22. The third-order valence-corrected chi connectivity index (χ3v) is 8.90. The van der Waals surface area contributed by atoms with Crippen molar-refractivity contribution in [3.63, 3.8) is 0 Å². The molecule has 0 fully saturated rings. The van der Waals surface area contributed by atoms with Crippen molar-refractivity contribution in [2.24, 2.45) is 0 Å². The highest BCUT2D eigenvalue weighted by molar-refractivity contribution is 9.10. The van der Waals surface area contributed by atoms with Crippen LogP contribution in [0.1, 0.15) is 93.6 Å². The molecule has 1 atom stereocenters. The van der Waals surface area contributed by atoms with Crippen LogP contribution in [0, 0.1) is 13.8 Å². The van der Waals surface area contributed by atoms with E-state index in [4.69, 9.17) is 21.3 Å². The van der Waals surface area contributed by atoms with Crippen molar-refractivity contribution in [2.45, 2.75) is 104 Å². The lowest BCUT2D eigenvalue weighted by Crippen LogP contribution is -2.33. The van der Waals surface area contributed by atoms with Crippen LogP contribution in [-0.2, 0) is 17.6 Å². The molecule has 2 aromatic carbocycles. The molecule has 0 spiro atoms. The van der Waals surface area contributed by atoms with Crippen molar-refractivity contribution < 1.29 is 9.53 Å². The fourth-order valence-electron chi connectivity index (χ4n) is 5.20. The van der Waals surface area contributed by atoms with E-state index >= 15 is 0 Å². The van der Waals surface area contributed by atoms with Crippen LogP contribution in [0.25, 0.3) is 5.65 Å². The second-order valence-corrected chi connectivity index (χ2v) is 12.5. The first-order chi connectivity index (χ1) is 20.3. The number of anilines is 1. The van der Waals surface area contributed by atoms with Gasteiger partial charge >= 0.3 is 0 Å². The molecule has 226 valence electrons. The second-order valence-electron chi connectivity index (χ2n) is 11.3. The van der Waals surface area contributed by atoms with Crippen molar-refractivity contribution >= 4 is 44.8 Å². The van der Waals surface area contributed by atoms with E-state index in [2.05, 4.69) is 51.6 Å². The Morgan fingerprint density at radius 3 is 2.40 bits per heavy atom. The Morgan fingerprint density at radius 1 is 1.00 bits per heavy atom. The van der Waals surface area contributed by atoms with E-state index in [-0.39, 0.29) is 5.91 Å². The molecule has 4 rings (SSSR count). The molecule has 0 saturated carbocycles. The summed E-state index contributed by atoms with van der Waals surface area (Å²) in [6.07, 6.45) is 14.6. The Labute approximate surface area is 263 Å². The van der Waals surface area contributed by atoms with Gasteiger partial charge in [0, 0.05) is 11.4 Å². The molecular weight excluding hydrogens is 612 g/mol. The first-order valence-electron chi connectivity index (χ1n) is 15.4. The van der Waals surface area contributed by atoms with E-state index in [1.165, 1.54) is 44.1 Å². The van der Waals surface area contributed by atoms with Crippen LogP contribution in [0.4, 0.5) is 5.69 Å². The maximum absolute atomic E-state index is 13.3. The number of imidazole rings is 1. The molecule has 0 aliphatic heterocycles. The smallest absolute Gasteiger partial charge is 0.265 e. The third kappa shape index (κ3) is 9.37. The highest BCUT2D eigenvalue weighted by atomic mass is 79.9. The van der Waals surface area contributed by atoms with Gasteiger partial charge in [0.15, 0.2) is 11.8 Å². The Hall–Kier alpha value is -2.77. The van der Waals surface area contributed by atoms with Crippen molar-refractivity contribution in [1.82, 2.24) is 14.6 Å². The molecule has 1 amide bonds. The number of hydrogen-bond donors (Lipinski definition) is 2. The average molecular weight is 656 g/mol. The fraction of sp³-hybridized carbons (Fsp3) is 0.471. The Morgan fingerprint density at radius 2 is 1.71 bits per heavy atom. The molecule has 0 radical (unpaired) electrons. The van der Waals surface area contributed by atoms with Crippen molar-refractivity contribution in [2.75, 3.05) is 5.32 Å². The van der Waals surface area contributed by atoms with Crippen molar-refractivity contribution in [1.29, 1.82) is 0 Å². The molecule has 2 N–H and O–H groups in total. The molecule has 1 unspecified atom stereocenters. The normalized spacial score (nSPS) is 12.1. The summed E-state index contributed by atoms with van der Waals surface area (Å²) in [7, 11) is 0. The van der Waals surface area contributed by atoms with Crippen molar-refractivity contribution in [3.05, 3.63) is 80.7 Å². The van der Waals surface area contributed by atoms with E-state index in [9.17, 15) is 4.79 Å². The number of aryl methyl sites for hydroxylation is 4. The van der Waals surface area contributed by atoms with Gasteiger partial charge in [-0.3, -0.25) is 9.89 Å². The number of rotatable bonds is 17. The molecule has 6 nitrogen and oxygen atoms in total. The molecule has 2 heterocycles. The zero-order valence-electron chi connectivity index (χ0n) is 25.1. The Balaban J connectivity index is 1.28. The minimum atomic E-state index is -0.602. The van der Waals surface area contributed by atoms with Crippen LogP contribution >= 0.6 is 27.5 Å². The molecule has 0 bridgehead atoms. The number of fused-ring (bicyclic) bond motifs is 1. The van der Waals surface area contributed by atoms with Crippen LogP contribution < -0.4 is 10.1 Å². The number of unbranched alkanes of at least 4 members (excludes halogenated alkanes) is 7. The number of benzene rings is 2. The number of aromatic amines is 1. The summed E-state index contributed by atoms with van der Waals surface area (Å²) in [6, 6.07) is 13.8. The quantitative estimate of drug-likeness (QED) is 0.111. The lowest BCUT2D eigenvalue weighted by Gasteiger charge is -2.20. The minimum Gasteiger partial charge on any atom is -0.479 e. The van der Waals surface area contributed by atoms with Crippen LogP contribution in [0.2, 0.25) is 5.02 Å². The minimum absolute atomic E-state index is 0.140. The fourth-order valence-corrected chi connectivity index (χ4v) is 5.85. The summed E-state index contributed by atoms with van der Waals surface area (Å²) in [4.78, 5) is 18.1. The molecular formula is C34H44BrClN4O2. The standard InChI is InChI=1S/C34H44BrClN4O2/c1-4-5-6-7-8-9-10-11-15-31(42-30-21-16-24(2)22-29(30)36)34(41)38-27-19-17-26(18-20-27)13-12-14-28-23-40-33(37-28)32(35)25(3)39-40/h16-23,31,39H,4-15H2,1-3H3,(H,38,41). The second kappa shape index (κ2) is 16.2. The van der Waals surface area contributed by atoms with Gasteiger partial charge in [-0.15, -0.1) is 0 Å². The number of hydrogen-bond acceptors (Lipinski definition) is 3. The van der Waals surface area contributed by atoms with Gasteiger partial charge < -0.3 is 10.1 Å². The largest absolute Gasteiger partial charge is 0.479 e. The molecule has 42 heavy (non-hydrogen) atoms. The summed E-state index contributed by atoms with van der Waals surface area (Å²) in [5.74, 6) is 0.411. The summed E-state index contributed by atoms with van der Waals surface area (Å²) < 4.78 is 9.16. The number of carbonyl (C=O) groups is 1. The topological polar surface area (TPSA) is 71.4 Å². The van der Waals surface area contributed by atoms with Gasteiger partial charge in [-0.25, -0.2) is 9.50 Å². The number of halogens is 2. The third-order valence-electron chi connectivity index (χ3n) is 7.66. The predicted octanol–water partition coefficient (Wildman–Crippen LogP) is 9.79. The van der Waals surface area contributed by atoms with Gasteiger partial charge in [0.1, 0.15) is 5.75 Å². The summed E-state index contributed by atoms with van der Waals surface area (Å²) in [5.41, 5.74) is 6.13. The monoisotopic (exact) mass is 654 g/mol. The Kier molecular flexibility index (Phi) is 12.4. The van der Waals surface area contributed by atoms with E-state index in [0.717, 1.165) is 64.9 Å². The molecule has 2 aromatic heterocycles. The maximum atomic E-state index is 13.3. The van der Waals surface area contributed by atoms with E-state index in [0.29, 0.717) is 17.2 Å². The highest BCUT2D eigenvalue weighted by Crippen LogP contribution is 2.28. The van der Waals surface area contributed by atoms with Crippen LogP contribution in [0.3, 0.4) is 0 Å². The number of carbonyl (C=O) groups excluding carboxylic acids is 1. The zero-order chi connectivity index (χ0) is 29.9. The molecule has 4 aromatic rings. The molecule has 0 saturated heterocycles. The van der Waals surface area contributed by atoms with Gasteiger partial charge in [-0.1, -0.05) is 81.7 Å². The number of ether oxygens (including phenoxy) is 1. The first-order valence-corrected chi connectivity index (χ1v) is 16.6. The van der Waals surface area contributed by atoms with Crippen molar-refractivity contribution in [3.8, 4) is 5.75 Å². The average Bonchev–Trinajstić information content (AvgIpc) is 3.48. The van der Waals surface area contributed by atoms with Gasteiger partial charge in [0.2, 0.25) is 0 Å². The summed E-state index contributed by atoms with van der Waals surface area (Å²) in [6.45, 7) is 6.25. The van der Waals surface area contributed by atoms with Crippen LogP contribution in [0.5, 0.6) is 5.75 Å². The molecule has 0 aliphatic rings. The van der Waals surface area contributed by atoms with E-state index in [1.54, 1.807) is 0 Å². The van der Waals surface area contributed by atoms with Crippen LogP contribution in [-0.4, -0.2) is 26.6 Å². The maximum Gasteiger partial charge on any atom is 0.265 e. The van der Waals surface area contributed by atoms with Gasteiger partial charge in [-0.2, -0.15) is 0 Å². The predicted molar refractivity (Wildman–Crippen MR) is 177 cm³/mol. The lowest BCUT2D eigenvalue weighted by molar-refractivity contribution is -0.123. The number of nitrogens with zero attached hydrogens (tertiary/aromatic N) is 2. The number of nitrogens with one attached hydrogen (secondary N) is 2. The van der Waals surface area contributed by atoms with Gasteiger partial charge in [0.25, 0.3) is 5.91 Å². The first kappa shape index (κ1) is 32.2. The van der Waals surface area contributed by atoms with E-state index < -0.39 is 6.10 Å². The summed E-state index contributed by atoms with van der Waals surface area (Å²) in [5, 5.41) is 6.89. The SMILES string of the molecule is CCCCCCCCCCC(Oc1ccc(C)cc1Cl)C(=O)Nc1ccc(CCCc2cn3[nH]c(C)c(Br)c3n2)cc1. The number of H-pyrrole nitrogens is 1.